The lowest BCUT2D eigenvalue weighted by molar-refractivity contribution is -0.152. The van der Waals surface area contributed by atoms with Crippen LogP contribution in [0.15, 0.2) is 48.6 Å². The standard InChI is InChI=1S/C20H21N5O6S/c1-6-15(26)31-25-16(27)11(2)22-17(28)13-10-32-18(23-13)12-7-8-14(21-9-12)24-19(29)30-20(3,4)5/h6-10H,1-2H2,3-5H3,(H,22,28)(H,25,27)(H,21,24,29). The third-order valence-corrected chi connectivity index (χ3v) is 4.22. The van der Waals surface area contributed by atoms with E-state index in [1.165, 1.54) is 22.9 Å². The number of ether oxygens (including phenoxy) is 1. The van der Waals surface area contributed by atoms with Gasteiger partial charge in [-0.05, 0) is 32.9 Å². The maximum Gasteiger partial charge on any atom is 0.413 e. The molecule has 0 spiro atoms. The molecule has 0 aliphatic rings. The molecule has 0 saturated carbocycles. The zero-order valence-corrected chi connectivity index (χ0v) is 18.4. The minimum atomic E-state index is -0.915. The predicted molar refractivity (Wildman–Crippen MR) is 116 cm³/mol. The molecule has 12 heteroatoms. The lowest BCUT2D eigenvalue weighted by atomic mass is 10.2. The van der Waals surface area contributed by atoms with Gasteiger partial charge in [0.25, 0.3) is 11.8 Å². The summed E-state index contributed by atoms with van der Waals surface area (Å²) in [4.78, 5) is 59.4. The van der Waals surface area contributed by atoms with E-state index in [1.807, 2.05) is 5.48 Å². The molecule has 0 fully saturated rings. The Kier molecular flexibility index (Phi) is 7.80. The second-order valence-corrected chi connectivity index (χ2v) is 7.94. The number of hydrogen-bond acceptors (Lipinski definition) is 9. The molecule has 0 atom stereocenters. The number of carbonyl (C=O) groups is 4. The van der Waals surface area contributed by atoms with E-state index in [2.05, 4.69) is 38.6 Å². The smallest absolute Gasteiger partial charge is 0.413 e. The van der Waals surface area contributed by atoms with Gasteiger partial charge in [0.1, 0.15) is 27.8 Å². The van der Waals surface area contributed by atoms with Crippen LogP contribution < -0.4 is 16.1 Å². The summed E-state index contributed by atoms with van der Waals surface area (Å²) < 4.78 is 5.16. The molecule has 2 aromatic heterocycles. The van der Waals surface area contributed by atoms with Gasteiger partial charge in [-0.1, -0.05) is 13.2 Å². The van der Waals surface area contributed by atoms with Crippen molar-refractivity contribution in [1.29, 1.82) is 0 Å². The first-order valence-corrected chi connectivity index (χ1v) is 9.92. The molecule has 2 rings (SSSR count). The summed E-state index contributed by atoms with van der Waals surface area (Å²) in [6.45, 7) is 11.8. The molecular weight excluding hydrogens is 438 g/mol. The Hall–Kier alpha value is -4.06. The molecule has 0 aromatic carbocycles. The number of nitrogens with one attached hydrogen (secondary N) is 3. The monoisotopic (exact) mass is 459 g/mol. The van der Waals surface area contributed by atoms with Crippen molar-refractivity contribution < 1.29 is 28.8 Å². The van der Waals surface area contributed by atoms with Crippen LogP contribution in [0.2, 0.25) is 0 Å². The normalized spacial score (nSPS) is 10.5. The Morgan fingerprint density at radius 3 is 2.50 bits per heavy atom. The van der Waals surface area contributed by atoms with Gasteiger partial charge in [-0.25, -0.2) is 19.6 Å². The predicted octanol–water partition coefficient (Wildman–Crippen LogP) is 2.56. The third-order valence-electron chi connectivity index (χ3n) is 3.33. The summed E-state index contributed by atoms with van der Waals surface area (Å²) in [6, 6.07) is 3.23. The average molecular weight is 459 g/mol. The van der Waals surface area contributed by atoms with Crippen molar-refractivity contribution in [3.63, 3.8) is 0 Å². The van der Waals surface area contributed by atoms with Crippen LogP contribution in [0.5, 0.6) is 0 Å². The van der Waals surface area contributed by atoms with Crippen LogP contribution in [0.25, 0.3) is 10.6 Å². The molecule has 0 aliphatic carbocycles. The van der Waals surface area contributed by atoms with Crippen molar-refractivity contribution in [2.24, 2.45) is 0 Å². The van der Waals surface area contributed by atoms with Crippen LogP contribution in [0.1, 0.15) is 31.3 Å². The highest BCUT2D eigenvalue weighted by atomic mass is 32.1. The number of thiazole rings is 1. The van der Waals surface area contributed by atoms with Gasteiger partial charge in [0, 0.05) is 23.2 Å². The van der Waals surface area contributed by atoms with Gasteiger partial charge < -0.3 is 14.9 Å². The van der Waals surface area contributed by atoms with E-state index in [-0.39, 0.29) is 17.2 Å². The van der Waals surface area contributed by atoms with Crippen LogP contribution in [-0.2, 0) is 19.2 Å². The molecule has 0 radical (unpaired) electrons. The summed E-state index contributed by atoms with van der Waals surface area (Å²) in [7, 11) is 0. The van der Waals surface area contributed by atoms with Crippen molar-refractivity contribution in [1.82, 2.24) is 20.8 Å². The van der Waals surface area contributed by atoms with E-state index in [0.29, 0.717) is 10.6 Å². The van der Waals surface area contributed by atoms with E-state index >= 15 is 0 Å². The molecule has 3 amide bonds. The largest absolute Gasteiger partial charge is 0.444 e. The molecule has 0 aliphatic heterocycles. The first kappa shape index (κ1) is 24.2. The van der Waals surface area contributed by atoms with Crippen molar-refractivity contribution in [3.05, 3.63) is 54.3 Å². The van der Waals surface area contributed by atoms with Crippen LogP contribution in [-0.4, -0.2) is 39.4 Å². The molecule has 168 valence electrons. The maximum atomic E-state index is 12.3. The summed E-state index contributed by atoms with van der Waals surface area (Å²) in [6.07, 6.45) is 1.70. The summed E-state index contributed by atoms with van der Waals surface area (Å²) in [5.41, 5.74) is 1.48. The molecule has 2 heterocycles. The third kappa shape index (κ3) is 7.32. The number of carbonyl (C=O) groups excluding carboxylic acids is 4. The highest BCUT2D eigenvalue weighted by Gasteiger charge is 2.18. The molecule has 2 aromatic rings. The van der Waals surface area contributed by atoms with Gasteiger partial charge in [0.15, 0.2) is 0 Å². The van der Waals surface area contributed by atoms with Crippen LogP contribution in [0.4, 0.5) is 10.6 Å². The number of pyridine rings is 1. The number of amides is 3. The first-order valence-electron chi connectivity index (χ1n) is 9.04. The fraction of sp³-hybridized carbons (Fsp3) is 0.200. The zero-order chi connectivity index (χ0) is 23.9. The average Bonchev–Trinajstić information content (AvgIpc) is 3.21. The van der Waals surface area contributed by atoms with E-state index in [1.54, 1.807) is 32.9 Å². The molecule has 0 saturated heterocycles. The lowest BCUT2D eigenvalue weighted by Crippen LogP contribution is -2.35. The first-order chi connectivity index (χ1) is 15.0. The van der Waals surface area contributed by atoms with Gasteiger partial charge in [-0.2, -0.15) is 5.48 Å². The quantitative estimate of drug-likeness (QED) is 0.441. The van der Waals surface area contributed by atoms with Gasteiger partial charge in [-0.3, -0.25) is 14.9 Å². The highest BCUT2D eigenvalue weighted by Crippen LogP contribution is 2.24. The fourth-order valence-electron chi connectivity index (χ4n) is 1.97. The number of anilines is 1. The Labute approximate surface area is 187 Å². The van der Waals surface area contributed by atoms with E-state index < -0.39 is 29.5 Å². The van der Waals surface area contributed by atoms with E-state index in [0.717, 1.165) is 6.08 Å². The lowest BCUT2D eigenvalue weighted by Gasteiger charge is -2.19. The number of aromatic nitrogens is 2. The van der Waals surface area contributed by atoms with E-state index in [4.69, 9.17) is 4.74 Å². The molecule has 0 unspecified atom stereocenters. The molecular formula is C20H21N5O6S. The molecule has 0 bridgehead atoms. The van der Waals surface area contributed by atoms with Gasteiger partial charge in [0.05, 0.1) is 0 Å². The second-order valence-electron chi connectivity index (χ2n) is 7.09. The van der Waals surface area contributed by atoms with Gasteiger partial charge in [0.2, 0.25) is 0 Å². The maximum absolute atomic E-state index is 12.3. The van der Waals surface area contributed by atoms with Crippen LogP contribution in [0.3, 0.4) is 0 Å². The Balaban J connectivity index is 1.96. The molecule has 11 nitrogen and oxygen atoms in total. The Bertz CT molecular complexity index is 1060. The van der Waals surface area contributed by atoms with Gasteiger partial charge in [-0.15, -0.1) is 11.3 Å². The minimum absolute atomic E-state index is 0.0398. The molecule has 32 heavy (non-hydrogen) atoms. The summed E-state index contributed by atoms with van der Waals surface area (Å²) in [5.74, 6) is -2.18. The summed E-state index contributed by atoms with van der Waals surface area (Å²) in [5, 5.41) is 6.75. The highest BCUT2D eigenvalue weighted by molar-refractivity contribution is 7.13. The minimum Gasteiger partial charge on any atom is -0.444 e. The SMILES string of the molecule is C=CC(=O)ONC(=O)C(=C)NC(=O)c1csc(-c2ccc(NC(=O)OC(C)(C)C)nc2)n1. The van der Waals surface area contributed by atoms with Crippen molar-refractivity contribution in [2.75, 3.05) is 5.32 Å². The number of rotatable bonds is 6. The molecule has 3 N–H and O–H groups in total. The van der Waals surface area contributed by atoms with Gasteiger partial charge >= 0.3 is 12.1 Å². The van der Waals surface area contributed by atoms with Crippen molar-refractivity contribution in [3.8, 4) is 10.6 Å². The number of nitrogens with zero attached hydrogens (tertiary/aromatic N) is 2. The second kappa shape index (κ2) is 10.3. The zero-order valence-electron chi connectivity index (χ0n) is 17.6. The van der Waals surface area contributed by atoms with Crippen LogP contribution >= 0.6 is 11.3 Å². The Morgan fingerprint density at radius 2 is 1.91 bits per heavy atom. The number of hydrogen-bond donors (Lipinski definition) is 3. The number of hydroxylamine groups is 1. The summed E-state index contributed by atoms with van der Waals surface area (Å²) >= 11 is 1.18. The topological polar surface area (TPSA) is 149 Å². The van der Waals surface area contributed by atoms with Crippen molar-refractivity contribution >= 4 is 41.0 Å². The van der Waals surface area contributed by atoms with E-state index in [9.17, 15) is 19.2 Å². The van der Waals surface area contributed by atoms with Crippen LogP contribution in [0, 0.1) is 0 Å². The Morgan fingerprint density at radius 1 is 1.19 bits per heavy atom. The van der Waals surface area contributed by atoms with Crippen molar-refractivity contribution in [2.45, 2.75) is 26.4 Å². The fourth-order valence-corrected chi connectivity index (χ4v) is 2.76.